The van der Waals surface area contributed by atoms with E-state index < -0.39 is 12.1 Å². The van der Waals surface area contributed by atoms with E-state index >= 15 is 0 Å². The van der Waals surface area contributed by atoms with Crippen molar-refractivity contribution in [3.05, 3.63) is 24.0 Å². The molecule has 1 aliphatic rings. The van der Waals surface area contributed by atoms with Crippen molar-refractivity contribution in [2.45, 2.75) is 19.0 Å². The van der Waals surface area contributed by atoms with Crippen LogP contribution < -0.4 is 5.32 Å². The molecule has 0 radical (unpaired) electrons. The maximum absolute atomic E-state index is 12.6. The van der Waals surface area contributed by atoms with Crippen molar-refractivity contribution in [3.8, 4) is 0 Å². The number of carbonyl (C=O) groups excluding carboxylic acids is 1. The molecule has 0 atom stereocenters. The molecule has 1 amide bonds. The summed E-state index contributed by atoms with van der Waals surface area (Å²) in [5.41, 5.74) is 1.02. The summed E-state index contributed by atoms with van der Waals surface area (Å²) in [5.74, 6) is -1.55. The Hall–Kier alpha value is -1.79. The summed E-state index contributed by atoms with van der Waals surface area (Å²) in [6.07, 6.45) is -1.21. The van der Waals surface area contributed by atoms with Gasteiger partial charge >= 0.3 is 6.18 Å². The van der Waals surface area contributed by atoms with Gasteiger partial charge in [-0.3, -0.25) is 9.78 Å². The number of halogens is 3. The zero-order valence-electron chi connectivity index (χ0n) is 11.1. The van der Waals surface area contributed by atoms with Crippen LogP contribution in [-0.4, -0.2) is 42.1 Å². The van der Waals surface area contributed by atoms with Crippen molar-refractivity contribution in [1.82, 2.24) is 9.88 Å². The predicted molar refractivity (Wildman–Crippen MR) is 68.5 cm³/mol. The average Bonchev–Trinajstić information content (AvgIpc) is 2.45. The second kappa shape index (κ2) is 5.68. The van der Waals surface area contributed by atoms with Crippen LogP contribution in [-0.2, 0) is 0 Å². The fraction of sp³-hybridized carbons (Fsp3) is 0.538. The van der Waals surface area contributed by atoms with Gasteiger partial charge in [0.2, 0.25) is 0 Å². The first-order valence-corrected chi connectivity index (χ1v) is 6.41. The highest BCUT2D eigenvalue weighted by Crippen LogP contribution is 2.34. The molecule has 2 heterocycles. The van der Waals surface area contributed by atoms with Gasteiger partial charge in [0, 0.05) is 26.3 Å². The first kappa shape index (κ1) is 14.6. The Bertz CT molecular complexity index is 482. The van der Waals surface area contributed by atoms with E-state index in [-0.39, 0.29) is 31.8 Å². The SMILES string of the molecule is CNc1cnccc1C(=O)N1CCC(C(F)(F)F)CC1. The minimum Gasteiger partial charge on any atom is -0.386 e. The molecule has 7 heteroatoms. The van der Waals surface area contributed by atoms with Gasteiger partial charge in [-0.15, -0.1) is 0 Å². The van der Waals surface area contributed by atoms with Gasteiger partial charge < -0.3 is 10.2 Å². The number of piperidine rings is 1. The summed E-state index contributed by atoms with van der Waals surface area (Å²) < 4.78 is 37.8. The molecule has 1 aliphatic heterocycles. The van der Waals surface area contributed by atoms with Crippen LogP contribution in [0.5, 0.6) is 0 Å². The zero-order valence-corrected chi connectivity index (χ0v) is 11.1. The largest absolute Gasteiger partial charge is 0.391 e. The van der Waals surface area contributed by atoms with E-state index in [1.54, 1.807) is 13.1 Å². The van der Waals surface area contributed by atoms with Gasteiger partial charge in [-0.2, -0.15) is 13.2 Å². The Kier molecular flexibility index (Phi) is 4.15. The van der Waals surface area contributed by atoms with Gasteiger partial charge in [-0.05, 0) is 18.9 Å². The molecule has 0 bridgehead atoms. The molecule has 1 aromatic heterocycles. The van der Waals surface area contributed by atoms with Gasteiger partial charge in [0.15, 0.2) is 0 Å². The van der Waals surface area contributed by atoms with Gasteiger partial charge in [-0.25, -0.2) is 0 Å². The number of amides is 1. The molecule has 4 nitrogen and oxygen atoms in total. The Morgan fingerprint density at radius 1 is 1.40 bits per heavy atom. The highest BCUT2D eigenvalue weighted by Gasteiger charge is 2.41. The van der Waals surface area contributed by atoms with E-state index in [0.717, 1.165) is 0 Å². The number of pyridine rings is 1. The lowest BCUT2D eigenvalue weighted by Crippen LogP contribution is -2.42. The lowest BCUT2D eigenvalue weighted by atomic mass is 9.96. The van der Waals surface area contributed by atoms with Crippen LogP contribution in [0.3, 0.4) is 0 Å². The molecular formula is C13H16F3N3O. The minimum absolute atomic E-state index is 0.0325. The first-order valence-electron chi connectivity index (χ1n) is 6.41. The molecule has 0 aliphatic carbocycles. The number of aromatic nitrogens is 1. The van der Waals surface area contributed by atoms with Gasteiger partial charge in [0.1, 0.15) is 0 Å². The quantitative estimate of drug-likeness (QED) is 0.909. The molecular weight excluding hydrogens is 271 g/mol. The van der Waals surface area contributed by atoms with Crippen molar-refractivity contribution in [1.29, 1.82) is 0 Å². The molecule has 0 saturated carbocycles. The van der Waals surface area contributed by atoms with Crippen LogP contribution in [0.2, 0.25) is 0 Å². The summed E-state index contributed by atoms with van der Waals surface area (Å²) in [6, 6.07) is 1.57. The van der Waals surface area contributed by atoms with E-state index in [9.17, 15) is 18.0 Å². The van der Waals surface area contributed by atoms with Crippen LogP contribution in [0.15, 0.2) is 18.5 Å². The van der Waals surface area contributed by atoms with E-state index in [1.807, 2.05) is 0 Å². The van der Waals surface area contributed by atoms with Crippen molar-refractivity contribution in [2.75, 3.05) is 25.5 Å². The Balaban J connectivity index is 2.05. The predicted octanol–water partition coefficient (Wildman–Crippen LogP) is 2.54. The second-order valence-corrected chi connectivity index (χ2v) is 4.78. The van der Waals surface area contributed by atoms with Crippen LogP contribution >= 0.6 is 0 Å². The number of alkyl halides is 3. The van der Waals surface area contributed by atoms with Gasteiger partial charge in [0.25, 0.3) is 5.91 Å². The molecule has 1 N–H and O–H groups in total. The molecule has 0 aromatic carbocycles. The average molecular weight is 287 g/mol. The fourth-order valence-electron chi connectivity index (χ4n) is 2.36. The number of nitrogens with zero attached hydrogens (tertiary/aromatic N) is 2. The number of hydrogen-bond acceptors (Lipinski definition) is 3. The van der Waals surface area contributed by atoms with Crippen LogP contribution in [0, 0.1) is 5.92 Å². The Morgan fingerprint density at radius 2 is 2.05 bits per heavy atom. The number of rotatable bonds is 2. The van der Waals surface area contributed by atoms with Crippen LogP contribution in [0.4, 0.5) is 18.9 Å². The third-order valence-electron chi connectivity index (χ3n) is 3.57. The van der Waals surface area contributed by atoms with Gasteiger partial charge in [0.05, 0.1) is 23.4 Å². The standard InChI is InChI=1S/C13H16F3N3O/c1-17-11-8-18-5-2-10(11)12(20)19-6-3-9(4-7-19)13(14,15)16/h2,5,8-9,17H,3-4,6-7H2,1H3. The summed E-state index contributed by atoms with van der Waals surface area (Å²) in [4.78, 5) is 17.7. The van der Waals surface area contributed by atoms with Gasteiger partial charge in [-0.1, -0.05) is 0 Å². The summed E-state index contributed by atoms with van der Waals surface area (Å²) in [7, 11) is 1.67. The highest BCUT2D eigenvalue weighted by molar-refractivity contribution is 5.99. The number of hydrogen-bond donors (Lipinski definition) is 1. The van der Waals surface area contributed by atoms with Crippen molar-refractivity contribution < 1.29 is 18.0 Å². The van der Waals surface area contributed by atoms with Crippen LogP contribution in [0.25, 0.3) is 0 Å². The minimum atomic E-state index is -4.16. The third-order valence-corrected chi connectivity index (χ3v) is 3.57. The third kappa shape index (κ3) is 3.02. The van der Waals surface area contributed by atoms with Crippen molar-refractivity contribution in [3.63, 3.8) is 0 Å². The van der Waals surface area contributed by atoms with Crippen molar-refractivity contribution in [2.24, 2.45) is 5.92 Å². The number of likely N-dealkylation sites (tertiary alicyclic amines) is 1. The highest BCUT2D eigenvalue weighted by atomic mass is 19.4. The van der Waals surface area contributed by atoms with Crippen molar-refractivity contribution >= 4 is 11.6 Å². The molecule has 0 spiro atoms. The smallest absolute Gasteiger partial charge is 0.386 e. The lowest BCUT2D eigenvalue weighted by Gasteiger charge is -2.33. The fourth-order valence-corrected chi connectivity index (χ4v) is 2.36. The maximum atomic E-state index is 12.6. The maximum Gasteiger partial charge on any atom is 0.391 e. The van der Waals surface area contributed by atoms with Crippen LogP contribution in [0.1, 0.15) is 23.2 Å². The molecule has 20 heavy (non-hydrogen) atoms. The number of nitrogens with one attached hydrogen (secondary N) is 1. The number of carbonyl (C=O) groups is 1. The molecule has 110 valence electrons. The Morgan fingerprint density at radius 3 is 2.60 bits per heavy atom. The summed E-state index contributed by atoms with van der Waals surface area (Å²) in [5, 5.41) is 2.86. The molecule has 0 unspecified atom stereocenters. The second-order valence-electron chi connectivity index (χ2n) is 4.78. The zero-order chi connectivity index (χ0) is 14.8. The first-order chi connectivity index (χ1) is 9.43. The lowest BCUT2D eigenvalue weighted by molar-refractivity contribution is -0.183. The molecule has 2 rings (SSSR count). The van der Waals surface area contributed by atoms with E-state index in [4.69, 9.17) is 0 Å². The van der Waals surface area contributed by atoms with E-state index in [0.29, 0.717) is 11.3 Å². The molecule has 1 aromatic rings. The Labute approximate surface area is 115 Å². The normalized spacial score (nSPS) is 17.1. The summed E-state index contributed by atoms with van der Waals surface area (Å²) in [6.45, 7) is 0.267. The topological polar surface area (TPSA) is 45.2 Å². The van der Waals surface area contributed by atoms with E-state index in [1.165, 1.54) is 17.3 Å². The van der Waals surface area contributed by atoms with E-state index in [2.05, 4.69) is 10.3 Å². The monoisotopic (exact) mass is 287 g/mol. The summed E-state index contributed by atoms with van der Waals surface area (Å²) >= 11 is 0. The molecule has 1 saturated heterocycles. The molecule has 1 fully saturated rings. The number of anilines is 1.